The molecule has 22 heavy (non-hydrogen) atoms. The molecule has 0 spiro atoms. The molecule has 3 N–H and O–H groups in total. The lowest BCUT2D eigenvalue weighted by Gasteiger charge is -2.40. The average Bonchev–Trinajstić information content (AvgIpc) is 3.23. The first kappa shape index (κ1) is 17.1. The summed E-state index contributed by atoms with van der Waals surface area (Å²) in [5.41, 5.74) is 4.90. The number of hydrogen-bond acceptors (Lipinski definition) is 4. The molecule has 0 aromatic carbocycles. The number of rotatable bonds is 4. The summed E-state index contributed by atoms with van der Waals surface area (Å²) in [5.74, 6) is -0.156. The first-order chi connectivity index (χ1) is 10.3. The minimum absolute atomic E-state index is 0.0148. The van der Waals surface area contributed by atoms with Crippen molar-refractivity contribution < 1.29 is 14.3 Å². The Bertz CT molecular complexity index is 415. The van der Waals surface area contributed by atoms with E-state index in [0.29, 0.717) is 0 Å². The third-order valence-corrected chi connectivity index (χ3v) is 4.16. The molecule has 2 unspecified atom stereocenters. The smallest absolute Gasteiger partial charge is 0.410 e. The Morgan fingerprint density at radius 2 is 1.82 bits per heavy atom. The topological polar surface area (TPSA) is 84.7 Å². The van der Waals surface area contributed by atoms with Crippen LogP contribution in [0, 0.1) is 0 Å². The molecule has 0 aliphatic heterocycles. The summed E-state index contributed by atoms with van der Waals surface area (Å²) in [5, 5.41) is 2.99. The quantitative estimate of drug-likeness (QED) is 0.828. The van der Waals surface area contributed by atoms with E-state index in [9.17, 15) is 9.59 Å². The molecule has 2 aliphatic carbocycles. The Hall–Kier alpha value is -1.30. The van der Waals surface area contributed by atoms with Gasteiger partial charge in [0.25, 0.3) is 0 Å². The molecule has 0 heterocycles. The van der Waals surface area contributed by atoms with Crippen LogP contribution in [0.15, 0.2) is 0 Å². The minimum atomic E-state index is -0.505. The number of carbonyl (C=O) groups excluding carboxylic acids is 2. The third kappa shape index (κ3) is 4.60. The van der Waals surface area contributed by atoms with E-state index in [2.05, 4.69) is 5.32 Å². The largest absolute Gasteiger partial charge is 0.444 e. The fourth-order valence-corrected chi connectivity index (χ4v) is 3.10. The molecule has 0 bridgehead atoms. The maximum atomic E-state index is 12.6. The van der Waals surface area contributed by atoms with E-state index < -0.39 is 5.60 Å². The predicted molar refractivity (Wildman–Crippen MR) is 84.3 cm³/mol. The van der Waals surface area contributed by atoms with E-state index >= 15 is 0 Å². The Balaban J connectivity index is 2.10. The molecule has 126 valence electrons. The number of nitrogens with two attached hydrogens (primary N) is 1. The highest BCUT2D eigenvalue weighted by atomic mass is 16.6. The maximum Gasteiger partial charge on any atom is 0.410 e. The van der Waals surface area contributed by atoms with Crippen molar-refractivity contribution in [2.45, 2.75) is 83.0 Å². The molecule has 0 aromatic rings. The van der Waals surface area contributed by atoms with Crippen LogP contribution >= 0.6 is 0 Å². The van der Waals surface area contributed by atoms with Crippen LogP contribution in [0.3, 0.4) is 0 Å². The first-order valence-corrected chi connectivity index (χ1v) is 8.32. The first-order valence-electron chi connectivity index (χ1n) is 8.32. The zero-order valence-electron chi connectivity index (χ0n) is 13.9. The summed E-state index contributed by atoms with van der Waals surface area (Å²) in [6.45, 7) is 5.62. The predicted octanol–water partition coefficient (Wildman–Crippen LogP) is 1.77. The summed E-state index contributed by atoms with van der Waals surface area (Å²) in [7, 11) is 0. The molecule has 2 amide bonds. The second kappa shape index (κ2) is 6.86. The van der Waals surface area contributed by atoms with Gasteiger partial charge in [0.1, 0.15) is 5.60 Å². The summed E-state index contributed by atoms with van der Waals surface area (Å²) in [4.78, 5) is 26.1. The average molecular weight is 311 g/mol. The van der Waals surface area contributed by atoms with Crippen molar-refractivity contribution in [1.82, 2.24) is 10.2 Å². The highest BCUT2D eigenvalue weighted by molar-refractivity contribution is 5.78. The molecular formula is C16H29N3O3. The lowest BCUT2D eigenvalue weighted by molar-refractivity contribution is -0.121. The van der Waals surface area contributed by atoms with Gasteiger partial charge >= 0.3 is 6.09 Å². The monoisotopic (exact) mass is 311 g/mol. The van der Waals surface area contributed by atoms with E-state index in [1.807, 2.05) is 25.7 Å². The lowest BCUT2D eigenvalue weighted by atomic mass is 9.89. The minimum Gasteiger partial charge on any atom is -0.444 e. The Morgan fingerprint density at radius 1 is 1.18 bits per heavy atom. The van der Waals surface area contributed by atoms with Gasteiger partial charge in [0.15, 0.2) is 0 Å². The van der Waals surface area contributed by atoms with Crippen LogP contribution in [-0.2, 0) is 9.53 Å². The number of ether oxygens (including phenoxy) is 1. The molecule has 0 saturated heterocycles. The van der Waals surface area contributed by atoms with Gasteiger partial charge in [0.2, 0.25) is 5.91 Å². The molecule has 2 aliphatic rings. The van der Waals surface area contributed by atoms with Crippen molar-refractivity contribution >= 4 is 12.0 Å². The molecular weight excluding hydrogens is 282 g/mol. The van der Waals surface area contributed by atoms with Gasteiger partial charge in [-0.1, -0.05) is 12.8 Å². The van der Waals surface area contributed by atoms with Crippen molar-refractivity contribution in [3.63, 3.8) is 0 Å². The van der Waals surface area contributed by atoms with Crippen LogP contribution in [0.5, 0.6) is 0 Å². The molecule has 6 nitrogen and oxygen atoms in total. The van der Waals surface area contributed by atoms with Crippen LogP contribution in [0.25, 0.3) is 0 Å². The van der Waals surface area contributed by atoms with Gasteiger partial charge in [-0.3, -0.25) is 4.79 Å². The van der Waals surface area contributed by atoms with Crippen molar-refractivity contribution in [2.75, 3.05) is 6.54 Å². The van der Waals surface area contributed by atoms with Gasteiger partial charge in [-0.2, -0.15) is 0 Å². The Labute approximate surface area is 132 Å². The van der Waals surface area contributed by atoms with Gasteiger partial charge < -0.3 is 20.7 Å². The fraction of sp³-hybridized carbons (Fsp3) is 0.875. The van der Waals surface area contributed by atoms with Crippen LogP contribution in [0.1, 0.15) is 59.3 Å². The van der Waals surface area contributed by atoms with Crippen molar-refractivity contribution in [2.24, 2.45) is 5.73 Å². The van der Waals surface area contributed by atoms with Crippen molar-refractivity contribution in [3.8, 4) is 0 Å². The molecule has 0 aromatic heterocycles. The van der Waals surface area contributed by atoms with Crippen LogP contribution in [-0.4, -0.2) is 47.2 Å². The highest BCUT2D eigenvalue weighted by Crippen LogP contribution is 2.35. The van der Waals surface area contributed by atoms with Crippen LogP contribution in [0.4, 0.5) is 4.79 Å². The van der Waals surface area contributed by atoms with Crippen molar-refractivity contribution in [1.29, 1.82) is 0 Å². The van der Waals surface area contributed by atoms with Gasteiger partial charge in [0, 0.05) is 12.1 Å². The number of hydrogen-bond donors (Lipinski definition) is 2. The normalized spacial score (nSPS) is 25.5. The van der Waals surface area contributed by atoms with Gasteiger partial charge in [0.05, 0.1) is 12.6 Å². The summed E-state index contributed by atoms with van der Waals surface area (Å²) < 4.78 is 5.58. The van der Waals surface area contributed by atoms with Crippen LogP contribution in [0.2, 0.25) is 0 Å². The van der Waals surface area contributed by atoms with E-state index in [4.69, 9.17) is 10.5 Å². The van der Waals surface area contributed by atoms with E-state index in [-0.39, 0.29) is 36.7 Å². The second-order valence-electron chi connectivity index (χ2n) is 7.35. The number of amides is 2. The molecule has 2 rings (SSSR count). The Kier molecular flexibility index (Phi) is 5.32. The summed E-state index contributed by atoms with van der Waals surface area (Å²) >= 11 is 0. The summed E-state index contributed by atoms with van der Waals surface area (Å²) in [6.07, 6.45) is 5.73. The number of nitrogens with one attached hydrogen (secondary N) is 1. The molecule has 6 heteroatoms. The van der Waals surface area contributed by atoms with E-state index in [1.165, 1.54) is 0 Å². The molecule has 2 fully saturated rings. The fourth-order valence-electron chi connectivity index (χ4n) is 3.10. The molecule has 0 radical (unpaired) electrons. The highest BCUT2D eigenvalue weighted by Gasteiger charge is 2.43. The molecule has 2 saturated carbocycles. The van der Waals surface area contributed by atoms with Gasteiger partial charge in [-0.15, -0.1) is 0 Å². The number of carbonyl (C=O) groups is 2. The van der Waals surface area contributed by atoms with Gasteiger partial charge in [-0.25, -0.2) is 4.79 Å². The Morgan fingerprint density at radius 3 is 2.36 bits per heavy atom. The third-order valence-electron chi connectivity index (χ3n) is 4.16. The number of nitrogens with zero attached hydrogens (tertiary/aromatic N) is 1. The van der Waals surface area contributed by atoms with Crippen LogP contribution < -0.4 is 11.1 Å². The lowest BCUT2D eigenvalue weighted by Crippen LogP contribution is -2.57. The van der Waals surface area contributed by atoms with E-state index in [1.54, 1.807) is 0 Å². The SMILES string of the molecule is CC(C)(C)OC(=O)N(C1CC1)C1CCCCC1NC(=O)CN. The second-order valence-corrected chi connectivity index (χ2v) is 7.35. The molecule has 2 atom stereocenters. The zero-order valence-corrected chi connectivity index (χ0v) is 13.9. The standard InChI is InChI=1S/C16H29N3O3/c1-16(2,3)22-15(21)19(11-8-9-11)13-7-5-4-6-12(13)18-14(20)10-17/h11-13H,4-10,17H2,1-3H3,(H,18,20). The zero-order chi connectivity index (χ0) is 16.3. The van der Waals surface area contributed by atoms with E-state index in [0.717, 1.165) is 38.5 Å². The summed E-state index contributed by atoms with van der Waals surface area (Å²) in [6, 6.07) is 0.264. The maximum absolute atomic E-state index is 12.6. The van der Waals surface area contributed by atoms with Crippen molar-refractivity contribution in [3.05, 3.63) is 0 Å². The van der Waals surface area contributed by atoms with Gasteiger partial charge in [-0.05, 0) is 46.5 Å².